The van der Waals surface area contributed by atoms with Crippen LogP contribution in [0.25, 0.3) is 22.0 Å². The maximum absolute atomic E-state index is 12.5. The third-order valence-electron chi connectivity index (χ3n) is 5.82. The molecular formula is C24H28N2O3. The molecule has 1 aromatic heterocycles. The number of hydrogen-bond donors (Lipinski definition) is 0. The summed E-state index contributed by atoms with van der Waals surface area (Å²) in [5.74, 6) is 0.675. The van der Waals surface area contributed by atoms with E-state index in [0.29, 0.717) is 6.61 Å². The van der Waals surface area contributed by atoms with Crippen molar-refractivity contribution in [2.45, 2.75) is 32.9 Å². The van der Waals surface area contributed by atoms with Gasteiger partial charge in [-0.3, -0.25) is 0 Å². The Hall–Kier alpha value is -2.79. The average Bonchev–Trinajstić information content (AvgIpc) is 3.06. The van der Waals surface area contributed by atoms with Crippen molar-refractivity contribution in [2.75, 3.05) is 27.3 Å². The highest BCUT2D eigenvalue weighted by molar-refractivity contribution is 5.91. The van der Waals surface area contributed by atoms with Gasteiger partial charge in [-0.05, 0) is 61.9 Å². The molecule has 2 heterocycles. The van der Waals surface area contributed by atoms with Crippen molar-refractivity contribution in [3.63, 3.8) is 0 Å². The van der Waals surface area contributed by atoms with E-state index in [0.717, 1.165) is 41.9 Å². The fraction of sp³-hybridized carbons (Fsp3) is 0.375. The monoisotopic (exact) mass is 392 g/mol. The second kappa shape index (κ2) is 7.91. The van der Waals surface area contributed by atoms with Crippen molar-refractivity contribution < 1.29 is 14.3 Å². The first-order chi connectivity index (χ1) is 14.0. The van der Waals surface area contributed by atoms with E-state index in [4.69, 9.17) is 9.47 Å². The van der Waals surface area contributed by atoms with E-state index in [1.165, 1.54) is 16.6 Å². The molecule has 152 valence electrons. The van der Waals surface area contributed by atoms with Gasteiger partial charge in [0.15, 0.2) is 0 Å². The lowest BCUT2D eigenvalue weighted by atomic mass is 10.00. The van der Waals surface area contributed by atoms with Gasteiger partial charge in [0.25, 0.3) is 0 Å². The number of hydrogen-bond acceptors (Lipinski definition) is 4. The molecule has 5 heteroatoms. The van der Waals surface area contributed by atoms with Gasteiger partial charge in [0.2, 0.25) is 0 Å². The second-order valence-electron chi connectivity index (χ2n) is 7.67. The van der Waals surface area contributed by atoms with Crippen LogP contribution >= 0.6 is 0 Å². The van der Waals surface area contributed by atoms with Gasteiger partial charge in [-0.15, -0.1) is 0 Å². The second-order valence-corrected chi connectivity index (χ2v) is 7.67. The van der Waals surface area contributed by atoms with Crippen LogP contribution in [0.4, 0.5) is 0 Å². The van der Waals surface area contributed by atoms with Crippen molar-refractivity contribution in [1.29, 1.82) is 0 Å². The number of benzene rings is 2. The Bertz CT molecular complexity index is 1040. The van der Waals surface area contributed by atoms with Crippen LogP contribution in [0.3, 0.4) is 0 Å². The summed E-state index contributed by atoms with van der Waals surface area (Å²) < 4.78 is 12.8. The first-order valence-corrected chi connectivity index (χ1v) is 10.2. The Morgan fingerprint density at radius 2 is 1.86 bits per heavy atom. The quantitative estimate of drug-likeness (QED) is 0.603. The van der Waals surface area contributed by atoms with Crippen molar-refractivity contribution in [2.24, 2.45) is 0 Å². The molecule has 0 saturated heterocycles. The average molecular weight is 392 g/mol. The summed E-state index contributed by atoms with van der Waals surface area (Å²) >= 11 is 0. The number of carbonyl (C=O) groups is 1. The molecule has 2 aromatic carbocycles. The van der Waals surface area contributed by atoms with Gasteiger partial charge in [0.1, 0.15) is 11.8 Å². The Kier molecular flexibility index (Phi) is 5.33. The molecule has 29 heavy (non-hydrogen) atoms. The van der Waals surface area contributed by atoms with E-state index in [1.54, 1.807) is 7.11 Å². The number of rotatable bonds is 5. The molecule has 0 saturated carbocycles. The highest BCUT2D eigenvalue weighted by atomic mass is 16.5. The lowest BCUT2D eigenvalue weighted by molar-refractivity contribution is -0.146. The molecule has 1 aliphatic heterocycles. The first kappa shape index (κ1) is 19.5. The van der Waals surface area contributed by atoms with Crippen LogP contribution in [0.1, 0.15) is 31.1 Å². The number of esters is 1. The summed E-state index contributed by atoms with van der Waals surface area (Å²) in [4.78, 5) is 14.9. The smallest absolute Gasteiger partial charge is 0.328 e. The Morgan fingerprint density at radius 3 is 2.55 bits per heavy atom. The number of carbonyl (C=O) groups excluding carboxylic acids is 1. The number of ether oxygens (including phenoxy) is 2. The molecular weight excluding hydrogens is 364 g/mol. The van der Waals surface area contributed by atoms with Crippen LogP contribution in [0.5, 0.6) is 5.75 Å². The van der Waals surface area contributed by atoms with E-state index in [1.807, 2.05) is 26.0 Å². The number of aromatic nitrogens is 1. The summed E-state index contributed by atoms with van der Waals surface area (Å²) in [7, 11) is 3.82. The number of nitrogens with zero attached hydrogens (tertiary/aromatic N) is 2. The van der Waals surface area contributed by atoms with Gasteiger partial charge < -0.3 is 18.9 Å². The zero-order valence-corrected chi connectivity index (χ0v) is 17.6. The van der Waals surface area contributed by atoms with E-state index in [-0.39, 0.29) is 12.0 Å². The Labute approximate surface area is 171 Å². The van der Waals surface area contributed by atoms with Crippen molar-refractivity contribution >= 4 is 16.9 Å². The summed E-state index contributed by atoms with van der Waals surface area (Å²) in [6.07, 6.45) is 0.933. The summed E-state index contributed by atoms with van der Waals surface area (Å²) in [5, 5.41) is 1.22. The first-order valence-electron chi connectivity index (χ1n) is 10.2. The third-order valence-corrected chi connectivity index (χ3v) is 5.82. The van der Waals surface area contributed by atoms with Crippen molar-refractivity contribution in [3.8, 4) is 16.9 Å². The van der Waals surface area contributed by atoms with Crippen LogP contribution in [0.2, 0.25) is 0 Å². The number of likely N-dealkylation sites (N-methyl/N-ethyl adjacent to an activating group) is 1. The van der Waals surface area contributed by atoms with E-state index >= 15 is 0 Å². The molecule has 0 aliphatic carbocycles. The zero-order chi connectivity index (χ0) is 20.5. The van der Waals surface area contributed by atoms with E-state index < -0.39 is 0 Å². The summed E-state index contributed by atoms with van der Waals surface area (Å²) in [5.41, 5.74) is 5.99. The molecule has 0 spiro atoms. The van der Waals surface area contributed by atoms with Crippen LogP contribution < -0.4 is 4.74 Å². The molecule has 1 atom stereocenters. The summed E-state index contributed by atoms with van der Waals surface area (Å²) in [6.45, 7) is 6.07. The van der Waals surface area contributed by atoms with Crippen molar-refractivity contribution in [3.05, 3.63) is 53.7 Å². The van der Waals surface area contributed by atoms with Crippen LogP contribution in [0, 0.1) is 0 Å². The highest BCUT2D eigenvalue weighted by Gasteiger charge is 2.28. The summed E-state index contributed by atoms with van der Waals surface area (Å²) in [6, 6.07) is 14.3. The number of methoxy groups -OCH3 is 1. The fourth-order valence-electron chi connectivity index (χ4n) is 4.30. The molecule has 5 nitrogen and oxygen atoms in total. The molecule has 4 rings (SSSR count). The van der Waals surface area contributed by atoms with E-state index in [2.05, 4.69) is 46.8 Å². The minimum Gasteiger partial charge on any atom is -0.497 e. The van der Waals surface area contributed by atoms with Crippen LogP contribution in [-0.4, -0.2) is 42.7 Å². The van der Waals surface area contributed by atoms with Gasteiger partial charge in [0, 0.05) is 36.1 Å². The van der Waals surface area contributed by atoms with Crippen LogP contribution in [-0.2, 0) is 22.5 Å². The molecule has 1 unspecified atom stereocenters. The van der Waals surface area contributed by atoms with Gasteiger partial charge in [0.05, 0.1) is 13.7 Å². The topological polar surface area (TPSA) is 43.7 Å². The Balaban J connectivity index is 1.85. The molecule has 0 fully saturated rings. The van der Waals surface area contributed by atoms with Crippen molar-refractivity contribution in [1.82, 2.24) is 9.47 Å². The number of fused-ring (bicyclic) bond motifs is 3. The SMILES string of the molecule is CCOC(=O)C(C)n1c2c(c3cc(-c4ccc(OC)cc4)ccc31)CN(C)CC2. The maximum Gasteiger partial charge on any atom is 0.328 e. The minimum absolute atomic E-state index is 0.176. The maximum atomic E-state index is 12.5. The Morgan fingerprint density at radius 1 is 1.14 bits per heavy atom. The van der Waals surface area contributed by atoms with Crippen LogP contribution in [0.15, 0.2) is 42.5 Å². The largest absolute Gasteiger partial charge is 0.497 e. The van der Waals surface area contributed by atoms with Gasteiger partial charge in [-0.2, -0.15) is 0 Å². The zero-order valence-electron chi connectivity index (χ0n) is 17.6. The highest BCUT2D eigenvalue weighted by Crippen LogP contribution is 2.36. The normalized spacial score (nSPS) is 15.2. The molecule has 0 radical (unpaired) electrons. The molecule has 3 aromatic rings. The molecule has 1 aliphatic rings. The fourth-order valence-corrected chi connectivity index (χ4v) is 4.30. The van der Waals surface area contributed by atoms with Gasteiger partial charge in [-0.25, -0.2) is 4.79 Å². The predicted molar refractivity (Wildman–Crippen MR) is 115 cm³/mol. The molecule has 0 amide bonds. The van der Waals surface area contributed by atoms with Gasteiger partial charge >= 0.3 is 5.97 Å². The van der Waals surface area contributed by atoms with E-state index in [9.17, 15) is 4.79 Å². The van der Waals surface area contributed by atoms with Gasteiger partial charge in [-0.1, -0.05) is 18.2 Å². The third kappa shape index (κ3) is 3.51. The molecule has 0 bridgehead atoms. The minimum atomic E-state index is -0.337. The predicted octanol–water partition coefficient (Wildman–Crippen LogP) is 4.43. The molecule has 0 N–H and O–H groups in total. The standard InChI is InChI=1S/C24H28N2O3/c1-5-29-24(27)16(2)26-22-11-8-18(17-6-9-19(28-4)10-7-17)14-20(22)21-15-25(3)13-12-23(21)26/h6-11,14,16H,5,12-13,15H2,1-4H3. The lowest BCUT2D eigenvalue weighted by Gasteiger charge is -2.25. The lowest BCUT2D eigenvalue weighted by Crippen LogP contribution is -2.29.